The molecule has 0 fully saturated rings. The predicted octanol–water partition coefficient (Wildman–Crippen LogP) is 4.63. The van der Waals surface area contributed by atoms with Crippen LogP contribution in [0.1, 0.15) is 36.1 Å². The normalized spacial score (nSPS) is 13.0. The van der Waals surface area contributed by atoms with Crippen molar-refractivity contribution in [3.8, 4) is 11.5 Å². The van der Waals surface area contributed by atoms with Crippen molar-refractivity contribution in [1.82, 2.24) is 0 Å². The number of benzene rings is 2. The van der Waals surface area contributed by atoms with Crippen molar-refractivity contribution in [2.24, 2.45) is 0 Å². The van der Waals surface area contributed by atoms with Crippen molar-refractivity contribution in [3.05, 3.63) is 46.5 Å². The van der Waals surface area contributed by atoms with Crippen molar-refractivity contribution in [3.63, 3.8) is 0 Å². The number of anilines is 2. The van der Waals surface area contributed by atoms with Crippen LogP contribution in [-0.4, -0.2) is 10.2 Å². The Morgan fingerprint density at radius 3 is 1.19 bits per heavy atom. The monoisotopic (exact) mass is 394 g/mol. The molecule has 2 aromatic carbocycles. The maximum absolute atomic E-state index is 13.4. The van der Waals surface area contributed by atoms with Crippen LogP contribution in [0, 0.1) is 0 Å². The van der Waals surface area contributed by atoms with Crippen molar-refractivity contribution in [2.45, 2.75) is 31.6 Å². The molecule has 0 saturated heterocycles. The van der Waals surface area contributed by atoms with Crippen LogP contribution in [0.15, 0.2) is 24.3 Å². The summed E-state index contributed by atoms with van der Waals surface area (Å²) in [6, 6.07) is 2.29. The highest BCUT2D eigenvalue weighted by molar-refractivity contribution is 5.64. The highest BCUT2D eigenvalue weighted by Crippen LogP contribution is 2.48. The van der Waals surface area contributed by atoms with E-state index in [0.717, 1.165) is 26.0 Å². The van der Waals surface area contributed by atoms with Gasteiger partial charge >= 0.3 is 12.4 Å². The molecule has 0 saturated carbocycles. The van der Waals surface area contributed by atoms with E-state index in [9.17, 15) is 36.6 Å². The summed E-state index contributed by atoms with van der Waals surface area (Å²) in [6.45, 7) is 2.27. The van der Waals surface area contributed by atoms with Gasteiger partial charge in [-0.2, -0.15) is 26.3 Å². The number of phenolic OH excluding ortho intramolecular Hbond substituents is 2. The third-order valence-corrected chi connectivity index (χ3v) is 4.29. The van der Waals surface area contributed by atoms with Crippen molar-refractivity contribution >= 4 is 11.4 Å². The van der Waals surface area contributed by atoms with Crippen LogP contribution in [0.5, 0.6) is 11.5 Å². The van der Waals surface area contributed by atoms with Crippen LogP contribution >= 0.6 is 0 Å². The average molecular weight is 394 g/mol. The molecule has 0 bridgehead atoms. The van der Waals surface area contributed by atoms with Gasteiger partial charge in [0.25, 0.3) is 0 Å². The van der Waals surface area contributed by atoms with E-state index in [4.69, 9.17) is 11.5 Å². The van der Waals surface area contributed by atoms with Gasteiger partial charge in [0.2, 0.25) is 0 Å². The summed E-state index contributed by atoms with van der Waals surface area (Å²) in [6.07, 6.45) is -9.92. The Morgan fingerprint density at radius 1 is 0.630 bits per heavy atom. The zero-order chi connectivity index (χ0) is 20.9. The minimum absolute atomic E-state index is 0.365. The largest absolute Gasteiger partial charge is 0.506 e. The summed E-state index contributed by atoms with van der Waals surface area (Å²) < 4.78 is 80.7. The first-order valence-corrected chi connectivity index (χ1v) is 7.47. The molecule has 2 rings (SSSR count). The third-order valence-electron chi connectivity index (χ3n) is 4.29. The highest BCUT2D eigenvalue weighted by Gasteiger charge is 2.43. The van der Waals surface area contributed by atoms with Gasteiger partial charge in [-0.15, -0.1) is 0 Å². The van der Waals surface area contributed by atoms with Crippen LogP contribution in [0.25, 0.3) is 0 Å². The van der Waals surface area contributed by atoms with Gasteiger partial charge in [-0.05, 0) is 35.4 Å². The summed E-state index contributed by atoms with van der Waals surface area (Å²) in [4.78, 5) is 0. The van der Waals surface area contributed by atoms with E-state index in [1.807, 2.05) is 0 Å². The Bertz CT molecular complexity index is 817. The minimum atomic E-state index is -4.96. The second-order valence-corrected chi connectivity index (χ2v) is 6.53. The first-order chi connectivity index (χ1) is 12.1. The smallest absolute Gasteiger partial charge is 0.416 e. The molecular weight excluding hydrogens is 378 g/mol. The van der Waals surface area contributed by atoms with Gasteiger partial charge in [0.05, 0.1) is 22.5 Å². The van der Waals surface area contributed by atoms with Crippen molar-refractivity contribution < 1.29 is 36.6 Å². The molecule has 0 atom stereocenters. The molecule has 27 heavy (non-hydrogen) atoms. The molecule has 4 nitrogen and oxygen atoms in total. The van der Waals surface area contributed by atoms with E-state index in [2.05, 4.69) is 0 Å². The predicted molar refractivity (Wildman–Crippen MR) is 87.2 cm³/mol. The first-order valence-electron chi connectivity index (χ1n) is 7.47. The van der Waals surface area contributed by atoms with Crippen molar-refractivity contribution in [2.75, 3.05) is 11.5 Å². The Labute approximate surface area is 150 Å². The number of nitrogen functional groups attached to an aromatic ring is 2. The standard InChI is InChI=1S/C17H16F6N2O2/c1-15(2,7-3-11(24)13(26)5-9(7)16(18,19)20)8-4-12(25)14(27)6-10(8)17(21,22)23/h3-6,26-27H,24-25H2,1-2H3. The number of alkyl halides is 6. The summed E-state index contributed by atoms with van der Waals surface area (Å²) in [5.74, 6) is -1.69. The minimum Gasteiger partial charge on any atom is -0.506 e. The summed E-state index contributed by atoms with van der Waals surface area (Å²) in [7, 11) is 0. The lowest BCUT2D eigenvalue weighted by atomic mass is 9.73. The van der Waals surface area contributed by atoms with Crippen LogP contribution in [0.3, 0.4) is 0 Å². The molecule has 148 valence electrons. The van der Waals surface area contributed by atoms with Crippen LogP contribution < -0.4 is 11.5 Å². The Balaban J connectivity index is 2.89. The SMILES string of the molecule is CC(C)(c1cc(N)c(O)cc1C(F)(F)F)c1cc(N)c(O)cc1C(F)(F)F. The second kappa shape index (κ2) is 6.14. The van der Waals surface area contributed by atoms with Gasteiger partial charge in [0, 0.05) is 5.41 Å². The number of phenols is 2. The molecule has 0 aromatic heterocycles. The highest BCUT2D eigenvalue weighted by atomic mass is 19.4. The molecule has 0 spiro atoms. The van der Waals surface area contributed by atoms with E-state index in [0.29, 0.717) is 12.1 Å². The third kappa shape index (κ3) is 3.69. The van der Waals surface area contributed by atoms with Crippen LogP contribution in [-0.2, 0) is 17.8 Å². The van der Waals surface area contributed by atoms with E-state index < -0.39 is 62.9 Å². The quantitative estimate of drug-likeness (QED) is 0.340. The molecule has 0 aliphatic rings. The molecule has 0 radical (unpaired) electrons. The fourth-order valence-corrected chi connectivity index (χ4v) is 2.86. The van der Waals surface area contributed by atoms with E-state index >= 15 is 0 Å². The van der Waals surface area contributed by atoms with E-state index in [-0.39, 0.29) is 0 Å². The lowest BCUT2D eigenvalue weighted by Crippen LogP contribution is -2.28. The maximum Gasteiger partial charge on any atom is 0.416 e. The zero-order valence-electron chi connectivity index (χ0n) is 14.1. The maximum atomic E-state index is 13.4. The molecule has 0 amide bonds. The van der Waals surface area contributed by atoms with Gasteiger partial charge in [-0.1, -0.05) is 13.8 Å². The van der Waals surface area contributed by atoms with Gasteiger partial charge in [-0.25, -0.2) is 0 Å². The number of nitrogens with two attached hydrogens (primary N) is 2. The van der Waals surface area contributed by atoms with Gasteiger partial charge in [-0.3, -0.25) is 0 Å². The molecule has 0 unspecified atom stereocenters. The Hall–Kier alpha value is -2.78. The fourth-order valence-electron chi connectivity index (χ4n) is 2.86. The van der Waals surface area contributed by atoms with Gasteiger partial charge < -0.3 is 21.7 Å². The van der Waals surface area contributed by atoms with E-state index in [1.54, 1.807) is 0 Å². The van der Waals surface area contributed by atoms with Crippen LogP contribution in [0.4, 0.5) is 37.7 Å². The van der Waals surface area contributed by atoms with E-state index in [1.165, 1.54) is 0 Å². The van der Waals surface area contributed by atoms with Crippen LogP contribution in [0.2, 0.25) is 0 Å². The lowest BCUT2D eigenvalue weighted by molar-refractivity contribution is -0.139. The molecule has 0 heterocycles. The van der Waals surface area contributed by atoms with Crippen molar-refractivity contribution in [1.29, 1.82) is 0 Å². The van der Waals surface area contributed by atoms with Gasteiger partial charge in [0.15, 0.2) is 0 Å². The Morgan fingerprint density at radius 2 is 0.926 bits per heavy atom. The topological polar surface area (TPSA) is 92.5 Å². The van der Waals surface area contributed by atoms with Gasteiger partial charge in [0.1, 0.15) is 11.5 Å². The number of hydrogen-bond donors (Lipinski definition) is 4. The molecule has 6 N–H and O–H groups in total. The lowest BCUT2D eigenvalue weighted by Gasteiger charge is -2.32. The first kappa shape index (κ1) is 20.5. The average Bonchev–Trinajstić information content (AvgIpc) is 2.49. The molecular formula is C17H16F6N2O2. The summed E-state index contributed by atoms with van der Waals surface area (Å²) >= 11 is 0. The zero-order valence-corrected chi connectivity index (χ0v) is 14.1. The second-order valence-electron chi connectivity index (χ2n) is 6.53. The number of halogens is 6. The number of aromatic hydroxyl groups is 2. The number of hydrogen-bond acceptors (Lipinski definition) is 4. The Kier molecular flexibility index (Phi) is 4.67. The molecule has 2 aromatic rings. The summed E-state index contributed by atoms with van der Waals surface area (Å²) in [5.41, 5.74) is 4.40. The fraction of sp³-hybridized carbons (Fsp3) is 0.294. The molecule has 0 aliphatic heterocycles. The number of rotatable bonds is 2. The molecule has 0 aliphatic carbocycles. The molecule has 10 heteroatoms. The summed E-state index contributed by atoms with van der Waals surface area (Å²) in [5, 5.41) is 19.1.